The molecule has 1 aliphatic heterocycles. The molecule has 0 aromatic rings. The number of aliphatic hydroxyl groups excluding tert-OH is 1. The maximum Gasteiger partial charge on any atom is 0.0475 e. The Kier molecular flexibility index (Phi) is 2.45. The van der Waals surface area contributed by atoms with Gasteiger partial charge in [0.25, 0.3) is 0 Å². The molecule has 9 heavy (non-hydrogen) atoms. The summed E-state index contributed by atoms with van der Waals surface area (Å²) in [5, 5.41) is 11.9. The van der Waals surface area contributed by atoms with Gasteiger partial charge in [0.05, 0.1) is 0 Å². The predicted molar refractivity (Wildman–Crippen MR) is 36.0 cm³/mol. The Morgan fingerprint density at radius 1 is 1.67 bits per heavy atom. The molecule has 0 spiro atoms. The highest BCUT2D eigenvalue weighted by Crippen LogP contribution is 2.08. The van der Waals surface area contributed by atoms with Gasteiger partial charge in [-0.2, -0.15) is 0 Å². The molecule has 0 saturated carbocycles. The van der Waals surface area contributed by atoms with E-state index in [9.17, 15) is 0 Å². The third kappa shape index (κ3) is 1.64. The first-order chi connectivity index (χ1) is 4.34. The summed E-state index contributed by atoms with van der Waals surface area (Å²) in [6.45, 7) is 2.09. The van der Waals surface area contributed by atoms with Crippen molar-refractivity contribution >= 4 is 0 Å². The van der Waals surface area contributed by atoms with Crippen LogP contribution in [0.4, 0.5) is 0 Å². The lowest BCUT2D eigenvalue weighted by atomic mass is 9.95. The first-order valence-corrected chi connectivity index (χ1v) is 3.41. The van der Waals surface area contributed by atoms with Crippen LogP contribution in [0.25, 0.3) is 0 Å². The van der Waals surface area contributed by atoms with E-state index in [2.05, 4.69) is 5.32 Å². The Morgan fingerprint density at radius 2 is 2.44 bits per heavy atom. The predicted octanol–water partition coefficient (Wildman–Crippen LogP) is -1.08. The molecule has 0 aliphatic carbocycles. The molecule has 2 unspecified atom stereocenters. The minimum absolute atomic E-state index is 0.156. The molecule has 1 aliphatic rings. The van der Waals surface area contributed by atoms with Crippen LogP contribution < -0.4 is 11.1 Å². The summed E-state index contributed by atoms with van der Waals surface area (Å²) in [4.78, 5) is 0. The Balaban J connectivity index is 2.30. The molecule has 3 heteroatoms. The van der Waals surface area contributed by atoms with Crippen LogP contribution in [0.5, 0.6) is 0 Å². The third-order valence-corrected chi connectivity index (χ3v) is 1.91. The molecule has 1 rings (SSSR count). The number of nitrogens with two attached hydrogens (primary N) is 1. The average Bonchev–Trinajstić information content (AvgIpc) is 1.89. The molecule has 0 radical (unpaired) electrons. The molecule has 0 amide bonds. The van der Waals surface area contributed by atoms with E-state index in [0.717, 1.165) is 19.5 Å². The SMILES string of the molecule is NC1CNCCC1CO. The van der Waals surface area contributed by atoms with Gasteiger partial charge in [-0.3, -0.25) is 0 Å². The minimum Gasteiger partial charge on any atom is -0.396 e. The Bertz CT molecular complexity index is 87.1. The standard InChI is InChI=1S/C6H14N2O/c7-6-3-8-2-1-5(6)4-9/h5-6,8-9H,1-4,7H2. The van der Waals surface area contributed by atoms with Gasteiger partial charge >= 0.3 is 0 Å². The van der Waals surface area contributed by atoms with Crippen molar-refractivity contribution in [1.82, 2.24) is 5.32 Å². The quantitative estimate of drug-likeness (QED) is 0.423. The maximum atomic E-state index is 8.75. The summed E-state index contributed by atoms with van der Waals surface area (Å²) in [5.41, 5.74) is 5.67. The monoisotopic (exact) mass is 130 g/mol. The van der Waals surface area contributed by atoms with Gasteiger partial charge < -0.3 is 16.2 Å². The maximum absolute atomic E-state index is 8.75. The topological polar surface area (TPSA) is 58.3 Å². The number of rotatable bonds is 1. The van der Waals surface area contributed by atoms with Gasteiger partial charge in [-0.05, 0) is 18.9 Å². The normalized spacial score (nSPS) is 36.7. The highest BCUT2D eigenvalue weighted by Gasteiger charge is 2.19. The number of nitrogens with one attached hydrogen (secondary N) is 1. The number of hydrogen-bond acceptors (Lipinski definition) is 3. The van der Waals surface area contributed by atoms with Crippen molar-refractivity contribution in [3.63, 3.8) is 0 Å². The van der Waals surface area contributed by atoms with Crippen LogP contribution in [0.2, 0.25) is 0 Å². The van der Waals surface area contributed by atoms with Gasteiger partial charge in [-0.1, -0.05) is 0 Å². The molecule has 54 valence electrons. The molecule has 3 nitrogen and oxygen atoms in total. The second kappa shape index (κ2) is 3.15. The van der Waals surface area contributed by atoms with Crippen LogP contribution in [-0.2, 0) is 0 Å². The highest BCUT2D eigenvalue weighted by molar-refractivity contribution is 4.79. The number of aliphatic hydroxyl groups is 1. The fourth-order valence-electron chi connectivity index (χ4n) is 1.16. The first kappa shape index (κ1) is 6.99. The fourth-order valence-corrected chi connectivity index (χ4v) is 1.16. The molecule has 0 aromatic heterocycles. The second-order valence-electron chi connectivity index (χ2n) is 2.60. The van der Waals surface area contributed by atoms with Crippen molar-refractivity contribution in [1.29, 1.82) is 0 Å². The summed E-state index contributed by atoms with van der Waals surface area (Å²) in [6, 6.07) is 0.156. The molecule has 0 bridgehead atoms. The van der Waals surface area contributed by atoms with Crippen molar-refractivity contribution in [2.45, 2.75) is 12.5 Å². The van der Waals surface area contributed by atoms with Gasteiger partial charge in [-0.15, -0.1) is 0 Å². The zero-order valence-corrected chi connectivity index (χ0v) is 5.51. The summed E-state index contributed by atoms with van der Waals surface area (Å²) in [7, 11) is 0. The Hall–Kier alpha value is -0.120. The molecule has 1 saturated heterocycles. The first-order valence-electron chi connectivity index (χ1n) is 3.41. The van der Waals surface area contributed by atoms with E-state index in [4.69, 9.17) is 10.8 Å². The van der Waals surface area contributed by atoms with Crippen LogP contribution in [0, 0.1) is 5.92 Å². The smallest absolute Gasteiger partial charge is 0.0475 e. The van der Waals surface area contributed by atoms with Crippen molar-refractivity contribution < 1.29 is 5.11 Å². The van der Waals surface area contributed by atoms with Gasteiger partial charge in [0.2, 0.25) is 0 Å². The van der Waals surface area contributed by atoms with Crippen molar-refractivity contribution in [3.8, 4) is 0 Å². The third-order valence-electron chi connectivity index (χ3n) is 1.91. The van der Waals surface area contributed by atoms with Crippen LogP contribution in [0.1, 0.15) is 6.42 Å². The van der Waals surface area contributed by atoms with E-state index in [1.165, 1.54) is 0 Å². The zero-order chi connectivity index (χ0) is 6.69. The lowest BCUT2D eigenvalue weighted by Gasteiger charge is -2.27. The van der Waals surface area contributed by atoms with Crippen LogP contribution in [0.15, 0.2) is 0 Å². The lowest BCUT2D eigenvalue weighted by Crippen LogP contribution is -2.47. The second-order valence-corrected chi connectivity index (χ2v) is 2.60. The number of piperidine rings is 1. The zero-order valence-electron chi connectivity index (χ0n) is 5.51. The van der Waals surface area contributed by atoms with E-state index in [1.54, 1.807) is 0 Å². The van der Waals surface area contributed by atoms with Crippen LogP contribution in [0.3, 0.4) is 0 Å². The molecular weight excluding hydrogens is 116 g/mol. The summed E-state index contributed by atoms with van der Waals surface area (Å²) in [5.74, 6) is 0.325. The lowest BCUT2D eigenvalue weighted by molar-refractivity contribution is 0.178. The molecule has 2 atom stereocenters. The van der Waals surface area contributed by atoms with Gasteiger partial charge in [-0.25, -0.2) is 0 Å². The molecule has 1 fully saturated rings. The fraction of sp³-hybridized carbons (Fsp3) is 1.00. The van der Waals surface area contributed by atoms with E-state index in [0.29, 0.717) is 5.92 Å². The van der Waals surface area contributed by atoms with Crippen molar-refractivity contribution in [2.75, 3.05) is 19.7 Å². The van der Waals surface area contributed by atoms with Gasteiger partial charge in [0, 0.05) is 19.2 Å². The van der Waals surface area contributed by atoms with E-state index >= 15 is 0 Å². The molecule has 0 aromatic carbocycles. The molecular formula is C6H14N2O. The largest absolute Gasteiger partial charge is 0.396 e. The minimum atomic E-state index is 0.156. The molecule has 4 N–H and O–H groups in total. The van der Waals surface area contributed by atoms with Gasteiger partial charge in [0.1, 0.15) is 0 Å². The van der Waals surface area contributed by atoms with E-state index in [1.807, 2.05) is 0 Å². The summed E-state index contributed by atoms with van der Waals surface area (Å²) in [6.07, 6.45) is 1.01. The summed E-state index contributed by atoms with van der Waals surface area (Å²) < 4.78 is 0. The van der Waals surface area contributed by atoms with E-state index in [-0.39, 0.29) is 12.6 Å². The van der Waals surface area contributed by atoms with Crippen LogP contribution in [-0.4, -0.2) is 30.8 Å². The van der Waals surface area contributed by atoms with Crippen LogP contribution >= 0.6 is 0 Å². The van der Waals surface area contributed by atoms with Gasteiger partial charge in [0.15, 0.2) is 0 Å². The highest BCUT2D eigenvalue weighted by atomic mass is 16.3. The molecule has 1 heterocycles. The Morgan fingerprint density at radius 3 is 2.89 bits per heavy atom. The Labute approximate surface area is 55.2 Å². The summed E-state index contributed by atoms with van der Waals surface area (Å²) >= 11 is 0. The van der Waals surface area contributed by atoms with Crippen molar-refractivity contribution in [3.05, 3.63) is 0 Å². The number of hydrogen-bond donors (Lipinski definition) is 3. The average molecular weight is 130 g/mol. The van der Waals surface area contributed by atoms with E-state index < -0.39 is 0 Å². The van der Waals surface area contributed by atoms with Crippen molar-refractivity contribution in [2.24, 2.45) is 11.7 Å².